The van der Waals surface area contributed by atoms with Gasteiger partial charge in [0.05, 0.1) is 13.7 Å². The quantitative estimate of drug-likeness (QED) is 0.130. The number of hydrogen-bond donors (Lipinski definition) is 1. The van der Waals surface area contributed by atoms with Gasteiger partial charge in [0, 0.05) is 73.5 Å². The molecule has 56 heavy (non-hydrogen) atoms. The van der Waals surface area contributed by atoms with Gasteiger partial charge in [-0.2, -0.15) is 13.5 Å². The van der Waals surface area contributed by atoms with Crippen molar-refractivity contribution in [3.8, 4) is 17.6 Å². The maximum absolute atomic E-state index is 12.7. The van der Waals surface area contributed by atoms with Crippen molar-refractivity contribution in [2.45, 2.75) is 117 Å². The van der Waals surface area contributed by atoms with Crippen LogP contribution >= 0.6 is 13.5 Å². The van der Waals surface area contributed by atoms with E-state index in [-0.39, 0.29) is 55.0 Å². The lowest BCUT2D eigenvalue weighted by atomic mass is 9.89. The number of likely N-dealkylation sites (tertiary alicyclic amines) is 1. The zero-order valence-corrected chi connectivity index (χ0v) is 36.1. The van der Waals surface area contributed by atoms with Crippen LogP contribution < -0.4 is 10.1 Å². The molecule has 1 radical (unpaired) electrons. The first kappa shape index (κ1) is 45.4. The molecule has 5 atom stereocenters. The number of dihydropyridines is 1. The number of amides is 1. The number of nitrogens with one attached hydrogen (secondary N) is 1. The van der Waals surface area contributed by atoms with E-state index in [0.717, 1.165) is 68.9 Å². The van der Waals surface area contributed by atoms with Crippen LogP contribution in [0.2, 0.25) is 0 Å². The van der Waals surface area contributed by atoms with E-state index in [1.165, 1.54) is 23.1 Å². The number of epoxide rings is 1. The number of anilines is 1. The summed E-state index contributed by atoms with van der Waals surface area (Å²) < 4.78 is 12.2. The molecule has 6 rings (SSSR count). The fourth-order valence-corrected chi connectivity index (χ4v) is 8.33. The molecule has 3 aliphatic heterocycles. The number of likely N-dealkylation sites (N-methyl/N-ethyl adjacent to an activating group) is 2. The van der Waals surface area contributed by atoms with E-state index < -0.39 is 5.41 Å². The van der Waals surface area contributed by atoms with Crippen LogP contribution in [0.5, 0.6) is 5.75 Å². The number of nitrogens with zero attached hydrogens (tertiary/aromatic N) is 4. The Bertz CT molecular complexity index is 1820. The SMILES string of the molecule is C.S.[CH2]C(C)(C)C#CC(=O)N(C)CCN(C)C1(C)C=C(C2=CC=NC3(Nc4cc(C)c(OC)c(CN5CCCC5C5(/C=C\C(C)(C)C)CO5)c4)CC23)C=CCC1. The third-order valence-corrected chi connectivity index (χ3v) is 11.8. The topological polar surface area (TPSA) is 72.9 Å². The molecule has 3 heterocycles. The minimum atomic E-state index is -0.449. The summed E-state index contributed by atoms with van der Waals surface area (Å²) in [7, 11) is 5.77. The first-order valence-corrected chi connectivity index (χ1v) is 19.9. The van der Waals surface area contributed by atoms with Gasteiger partial charge in [0.2, 0.25) is 0 Å². The number of allylic oxidation sites excluding steroid dienone is 5. The predicted molar refractivity (Wildman–Crippen MR) is 239 cm³/mol. The van der Waals surface area contributed by atoms with E-state index in [1.807, 2.05) is 27.1 Å². The van der Waals surface area contributed by atoms with E-state index in [0.29, 0.717) is 12.6 Å². The number of ether oxygens (including phenoxy) is 2. The highest BCUT2D eigenvalue weighted by molar-refractivity contribution is 7.59. The highest BCUT2D eigenvalue weighted by Gasteiger charge is 2.58. The Morgan fingerprint density at radius 1 is 1.21 bits per heavy atom. The van der Waals surface area contributed by atoms with Gasteiger partial charge in [-0.25, -0.2) is 0 Å². The molecule has 5 aliphatic rings. The van der Waals surface area contributed by atoms with Crippen LogP contribution in [0.25, 0.3) is 0 Å². The first-order chi connectivity index (χ1) is 25.4. The lowest BCUT2D eigenvalue weighted by Gasteiger charge is -2.37. The Balaban J connectivity index is 0.00000348. The highest BCUT2D eigenvalue weighted by Crippen LogP contribution is 2.55. The van der Waals surface area contributed by atoms with Crippen LogP contribution in [0, 0.1) is 42.4 Å². The van der Waals surface area contributed by atoms with Crippen molar-refractivity contribution in [3.05, 3.63) is 77.8 Å². The number of benzene rings is 1. The van der Waals surface area contributed by atoms with Crippen LogP contribution in [-0.4, -0.2) is 97.1 Å². The van der Waals surface area contributed by atoms with Gasteiger partial charge >= 0.3 is 0 Å². The van der Waals surface area contributed by atoms with E-state index in [4.69, 9.17) is 14.5 Å². The molecule has 8 nitrogen and oxygen atoms in total. The summed E-state index contributed by atoms with van der Waals surface area (Å²) >= 11 is 0. The van der Waals surface area contributed by atoms with E-state index in [9.17, 15) is 4.79 Å². The number of fused-ring (bicyclic) bond motifs is 1. The molecule has 307 valence electrons. The molecule has 0 spiro atoms. The molecule has 1 saturated carbocycles. The molecule has 1 aromatic rings. The van der Waals surface area contributed by atoms with Gasteiger partial charge in [-0.3, -0.25) is 19.6 Å². The van der Waals surface area contributed by atoms with Crippen molar-refractivity contribution in [2.24, 2.45) is 21.7 Å². The zero-order valence-electron chi connectivity index (χ0n) is 35.1. The Morgan fingerprint density at radius 2 is 1.95 bits per heavy atom. The summed E-state index contributed by atoms with van der Waals surface area (Å²) in [6.07, 6.45) is 21.1. The number of aryl methyl sites for hydroxylation is 1. The third-order valence-electron chi connectivity index (χ3n) is 11.8. The van der Waals surface area contributed by atoms with Crippen molar-refractivity contribution >= 4 is 31.3 Å². The molecule has 9 heteroatoms. The second kappa shape index (κ2) is 17.3. The summed E-state index contributed by atoms with van der Waals surface area (Å²) in [4.78, 5) is 24.4. The molecule has 1 N–H and O–H groups in total. The first-order valence-electron chi connectivity index (χ1n) is 19.9. The molecule has 0 bridgehead atoms. The maximum Gasteiger partial charge on any atom is 0.298 e. The Labute approximate surface area is 346 Å². The van der Waals surface area contributed by atoms with Crippen LogP contribution in [0.3, 0.4) is 0 Å². The van der Waals surface area contributed by atoms with Crippen molar-refractivity contribution in [1.82, 2.24) is 14.7 Å². The molecule has 2 saturated heterocycles. The van der Waals surface area contributed by atoms with Crippen LogP contribution in [0.1, 0.15) is 92.2 Å². The number of carbonyl (C=O) groups excluding carboxylic acids is 1. The molecule has 2 aliphatic carbocycles. The molecule has 5 unspecified atom stereocenters. The van der Waals surface area contributed by atoms with Crippen LogP contribution in [-0.2, 0) is 16.1 Å². The minimum Gasteiger partial charge on any atom is -0.496 e. The molecule has 1 amide bonds. The fraction of sp³-hybridized carbons (Fsp3) is 0.596. The lowest BCUT2D eigenvalue weighted by Crippen LogP contribution is -2.46. The van der Waals surface area contributed by atoms with Gasteiger partial charge in [0.15, 0.2) is 0 Å². The minimum absolute atomic E-state index is 0. The van der Waals surface area contributed by atoms with Crippen molar-refractivity contribution in [1.29, 1.82) is 0 Å². The lowest BCUT2D eigenvalue weighted by molar-refractivity contribution is -0.124. The third kappa shape index (κ3) is 10.4. The van der Waals surface area contributed by atoms with Crippen molar-refractivity contribution in [3.63, 3.8) is 0 Å². The maximum atomic E-state index is 12.7. The average Bonchev–Trinajstić information content (AvgIpc) is 4.00. The molecule has 3 fully saturated rings. The van der Waals surface area contributed by atoms with Gasteiger partial charge in [-0.15, -0.1) is 0 Å². The molecular weight excluding hydrogens is 715 g/mol. The summed E-state index contributed by atoms with van der Waals surface area (Å²) in [5.74, 6) is 6.79. The summed E-state index contributed by atoms with van der Waals surface area (Å²) in [5.41, 5.74) is 4.96. The second-order valence-electron chi connectivity index (χ2n) is 18.4. The van der Waals surface area contributed by atoms with Crippen molar-refractivity contribution < 1.29 is 14.3 Å². The largest absolute Gasteiger partial charge is 0.496 e. The van der Waals surface area contributed by atoms with E-state index in [1.54, 1.807) is 12.0 Å². The van der Waals surface area contributed by atoms with Gasteiger partial charge in [-0.05, 0) is 120 Å². The summed E-state index contributed by atoms with van der Waals surface area (Å²) in [6, 6.07) is 4.86. The number of rotatable bonds is 12. The number of aliphatic imine (C=N–C) groups is 1. The van der Waals surface area contributed by atoms with Crippen LogP contribution in [0.4, 0.5) is 5.69 Å². The molecular formula is C47H70N5O3S. The highest BCUT2D eigenvalue weighted by atomic mass is 32.1. The number of hydrogen-bond acceptors (Lipinski definition) is 7. The Kier molecular flexibility index (Phi) is 14.0. The zero-order chi connectivity index (χ0) is 39.1. The number of methoxy groups -OCH3 is 1. The van der Waals surface area contributed by atoms with E-state index in [2.05, 4.69) is 124 Å². The van der Waals surface area contributed by atoms with Crippen molar-refractivity contribution in [2.75, 3.05) is 52.8 Å². The Morgan fingerprint density at radius 3 is 2.61 bits per heavy atom. The Hall–Kier alpha value is -3.29. The predicted octanol–water partition coefficient (Wildman–Crippen LogP) is 8.52. The van der Waals surface area contributed by atoms with Gasteiger partial charge < -0.3 is 19.7 Å². The van der Waals surface area contributed by atoms with Crippen LogP contribution in [0.15, 0.2) is 64.7 Å². The van der Waals surface area contributed by atoms with Gasteiger partial charge in [0.25, 0.3) is 5.91 Å². The normalized spacial score (nSPS) is 28.2. The van der Waals surface area contributed by atoms with E-state index >= 15 is 0 Å². The molecule has 1 aromatic carbocycles. The summed E-state index contributed by atoms with van der Waals surface area (Å²) in [6.45, 7) is 23.0. The van der Waals surface area contributed by atoms with Gasteiger partial charge in [0.1, 0.15) is 17.0 Å². The second-order valence-corrected chi connectivity index (χ2v) is 18.4. The fourth-order valence-electron chi connectivity index (χ4n) is 8.33. The molecule has 0 aromatic heterocycles. The number of carbonyl (C=O) groups is 1. The van der Waals surface area contributed by atoms with Gasteiger partial charge in [-0.1, -0.05) is 64.5 Å². The smallest absolute Gasteiger partial charge is 0.298 e. The monoisotopic (exact) mass is 785 g/mol. The standard InChI is InChI=1S/C46H64N5O3.CH4.H2S/c1-33-27-36(28-35(41(33)53-11)31-51-24-14-16-39(51)45(32-54-45)22-21-43(5,6)7)48-46-30-38(46)37(18-23-47-46)34-15-12-13-19-44(8,29-34)50(10)26-25-49(9)40(52)17-20-42(2,3)4;;/h12,15,18,21-23,27-29,38-39,48H,2,13-14,16,19,24-26,30-32H2,1,3-11H3;1H4;1H2/b22-21-;;. The average molecular weight is 785 g/mol. The summed E-state index contributed by atoms with van der Waals surface area (Å²) in [5, 5.41) is 3.91.